The van der Waals surface area contributed by atoms with Crippen LogP contribution in [-0.2, 0) is 38.0 Å². The van der Waals surface area contributed by atoms with Gasteiger partial charge in [-0.15, -0.1) is 12.3 Å². The first-order chi connectivity index (χ1) is 25.0. The van der Waals surface area contributed by atoms with Crippen molar-refractivity contribution in [2.75, 3.05) is 20.7 Å². The first kappa shape index (κ1) is 46.6. The van der Waals surface area contributed by atoms with Crippen LogP contribution in [0.5, 0.6) is 0 Å². The second-order valence-corrected chi connectivity index (χ2v) is 16.9. The number of hydrogen-bond donors (Lipinski definition) is 5. The molecular formula is C40H69NO13. The first-order valence-corrected chi connectivity index (χ1v) is 19.5. The Morgan fingerprint density at radius 2 is 1.57 bits per heavy atom. The van der Waals surface area contributed by atoms with Crippen LogP contribution in [0.4, 0.5) is 0 Å². The van der Waals surface area contributed by atoms with Crippen molar-refractivity contribution in [1.29, 1.82) is 0 Å². The summed E-state index contributed by atoms with van der Waals surface area (Å²) in [5.74, 6) is -2.46. The van der Waals surface area contributed by atoms with Crippen molar-refractivity contribution in [2.45, 2.75) is 186 Å². The molecule has 5 N–H and O–H groups in total. The van der Waals surface area contributed by atoms with Crippen LogP contribution < -0.4 is 0 Å². The van der Waals surface area contributed by atoms with Gasteiger partial charge >= 0.3 is 5.97 Å². The van der Waals surface area contributed by atoms with Crippen LogP contribution in [0, 0.1) is 36.0 Å². The van der Waals surface area contributed by atoms with Gasteiger partial charge in [0.05, 0.1) is 47.6 Å². The van der Waals surface area contributed by atoms with Crippen molar-refractivity contribution in [3.8, 4) is 12.3 Å². The Kier molecular flexibility index (Phi) is 16.1. The number of carbonyl (C=O) groups is 2. The Balaban J connectivity index is 2.18. The summed E-state index contributed by atoms with van der Waals surface area (Å²) in [6.07, 6.45) is -4.10. The summed E-state index contributed by atoms with van der Waals surface area (Å²) in [6, 6.07) is -0.399. The number of carbonyl (C=O) groups excluding carboxylic acids is 2. The zero-order valence-electron chi connectivity index (χ0n) is 34.4. The number of ketones is 1. The Morgan fingerprint density at radius 3 is 2.15 bits per heavy atom. The third kappa shape index (κ3) is 10.2. The number of esters is 1. The fraction of sp³-hybridized carbons (Fsp3) is 0.900. The van der Waals surface area contributed by atoms with Gasteiger partial charge in [0, 0.05) is 50.3 Å². The number of nitrogens with zero attached hydrogens (tertiary/aromatic N) is 1. The van der Waals surface area contributed by atoms with E-state index in [9.17, 15) is 35.1 Å². The van der Waals surface area contributed by atoms with E-state index in [1.807, 2.05) is 18.9 Å². The van der Waals surface area contributed by atoms with Crippen molar-refractivity contribution < 1.29 is 63.5 Å². The van der Waals surface area contributed by atoms with Gasteiger partial charge < -0.3 is 54.0 Å². The number of ether oxygens (including phenoxy) is 6. The van der Waals surface area contributed by atoms with E-state index in [1.165, 1.54) is 27.9 Å². The van der Waals surface area contributed by atoms with Gasteiger partial charge in [-0.1, -0.05) is 27.7 Å². The topological polar surface area (TPSA) is 194 Å². The Morgan fingerprint density at radius 1 is 0.944 bits per heavy atom. The first-order valence-electron chi connectivity index (χ1n) is 19.5. The second-order valence-electron chi connectivity index (χ2n) is 16.9. The number of Topliss-reactive ketones (excluding diaryl/α,β-unsaturated/α-hetero) is 1. The number of rotatable bonds is 9. The van der Waals surface area contributed by atoms with Crippen molar-refractivity contribution in [3.05, 3.63) is 0 Å². The van der Waals surface area contributed by atoms with Crippen LogP contribution in [0.1, 0.15) is 101 Å². The summed E-state index contributed by atoms with van der Waals surface area (Å²) in [4.78, 5) is 30.0. The number of hydrogen-bond acceptors (Lipinski definition) is 14. The average molecular weight is 772 g/mol. The highest BCUT2D eigenvalue weighted by atomic mass is 16.7. The van der Waals surface area contributed by atoms with Crippen molar-refractivity contribution in [2.24, 2.45) is 23.7 Å². The van der Waals surface area contributed by atoms with Gasteiger partial charge in [-0.05, 0) is 67.9 Å². The normalized spacial score (nSPS) is 47.5. The van der Waals surface area contributed by atoms with Gasteiger partial charge in [-0.25, -0.2) is 0 Å². The molecule has 14 nitrogen and oxygen atoms in total. The van der Waals surface area contributed by atoms with E-state index in [0.29, 0.717) is 19.4 Å². The summed E-state index contributed by atoms with van der Waals surface area (Å²) in [5.41, 5.74) is -4.90. The van der Waals surface area contributed by atoms with Crippen molar-refractivity contribution in [3.63, 3.8) is 0 Å². The van der Waals surface area contributed by atoms with Gasteiger partial charge in [-0.3, -0.25) is 14.5 Å². The lowest BCUT2D eigenvalue weighted by molar-refractivity contribution is -0.318. The average Bonchev–Trinajstić information content (AvgIpc) is 3.11. The molecule has 0 bridgehead atoms. The lowest BCUT2D eigenvalue weighted by atomic mass is 9.74. The molecule has 312 valence electrons. The van der Waals surface area contributed by atoms with Crippen molar-refractivity contribution in [1.82, 2.24) is 4.90 Å². The molecule has 0 saturated carbocycles. The molecule has 3 fully saturated rings. The molecule has 0 spiro atoms. The fourth-order valence-electron chi connectivity index (χ4n) is 8.74. The molecule has 3 heterocycles. The molecule has 0 amide bonds. The summed E-state index contributed by atoms with van der Waals surface area (Å²) < 4.78 is 37.3. The molecule has 0 aromatic rings. The summed E-state index contributed by atoms with van der Waals surface area (Å²) in [6.45, 7) is 16.8. The van der Waals surface area contributed by atoms with Crippen LogP contribution in [0.25, 0.3) is 0 Å². The van der Waals surface area contributed by atoms with Crippen LogP contribution in [0.2, 0.25) is 0 Å². The molecule has 3 aliphatic rings. The molecule has 54 heavy (non-hydrogen) atoms. The van der Waals surface area contributed by atoms with E-state index in [4.69, 9.17) is 34.8 Å². The van der Waals surface area contributed by atoms with E-state index in [1.54, 1.807) is 41.5 Å². The predicted molar refractivity (Wildman–Crippen MR) is 199 cm³/mol. The molecule has 3 rings (SSSR count). The lowest BCUT2D eigenvalue weighted by Crippen LogP contribution is -2.61. The van der Waals surface area contributed by atoms with Gasteiger partial charge in [0.15, 0.2) is 12.6 Å². The third-order valence-electron chi connectivity index (χ3n) is 12.3. The number of terminal acetylenes is 1. The van der Waals surface area contributed by atoms with E-state index in [-0.39, 0.29) is 25.4 Å². The molecule has 3 saturated heterocycles. The Bertz CT molecular complexity index is 1290. The number of methoxy groups -OCH3 is 1. The zero-order valence-corrected chi connectivity index (χ0v) is 34.4. The molecule has 0 aliphatic carbocycles. The maximum Gasteiger partial charge on any atom is 0.311 e. The van der Waals surface area contributed by atoms with E-state index >= 15 is 0 Å². The van der Waals surface area contributed by atoms with E-state index in [2.05, 4.69) is 5.92 Å². The molecule has 0 aromatic carbocycles. The largest absolute Gasteiger partial charge is 0.459 e. The lowest BCUT2D eigenvalue weighted by Gasteiger charge is -2.49. The van der Waals surface area contributed by atoms with Gasteiger partial charge in [0.1, 0.15) is 29.7 Å². The number of aliphatic hydroxyl groups is 5. The highest BCUT2D eigenvalue weighted by molar-refractivity contribution is 5.83. The number of likely N-dealkylation sites (N-methyl/N-ethyl adjacent to an activating group) is 1. The molecule has 14 heteroatoms. The van der Waals surface area contributed by atoms with Crippen LogP contribution in [0.3, 0.4) is 0 Å². The van der Waals surface area contributed by atoms with E-state index < -0.39 is 114 Å². The Labute approximate surface area is 322 Å². The molecule has 1 unspecified atom stereocenters. The highest BCUT2D eigenvalue weighted by Crippen LogP contribution is 2.41. The predicted octanol–water partition coefficient (Wildman–Crippen LogP) is 2.18. The fourth-order valence-corrected chi connectivity index (χ4v) is 8.74. The van der Waals surface area contributed by atoms with Crippen LogP contribution >= 0.6 is 0 Å². The minimum atomic E-state index is -2.01. The quantitative estimate of drug-likeness (QED) is 0.169. The van der Waals surface area contributed by atoms with Gasteiger partial charge in [0.25, 0.3) is 0 Å². The molecular weight excluding hydrogens is 702 g/mol. The monoisotopic (exact) mass is 771 g/mol. The highest BCUT2D eigenvalue weighted by Gasteiger charge is 2.53. The summed E-state index contributed by atoms with van der Waals surface area (Å²) in [7, 11) is 3.34. The third-order valence-corrected chi connectivity index (χ3v) is 12.3. The van der Waals surface area contributed by atoms with Crippen LogP contribution in [-0.4, -0.2) is 147 Å². The smallest absolute Gasteiger partial charge is 0.311 e. The minimum Gasteiger partial charge on any atom is -0.459 e. The summed E-state index contributed by atoms with van der Waals surface area (Å²) in [5, 5.41) is 58.1. The maximum atomic E-state index is 14.1. The maximum absolute atomic E-state index is 14.1. The van der Waals surface area contributed by atoms with Crippen LogP contribution in [0.15, 0.2) is 0 Å². The molecule has 3 aliphatic heterocycles. The molecule has 18 atom stereocenters. The van der Waals surface area contributed by atoms with Crippen molar-refractivity contribution >= 4 is 11.8 Å². The SMILES string of the molecule is C#CCCN(C)[C@H]1C[C@@H](C)O[C@@H](O[C@@H]2[C@@H](C)[C@H](OC3C[C@@](C)(OC)[C@@H](O)[C@H](C)O3)[C@@H](C)C(=O)O[C@H](CC)[C@@](C)(O)[C@H](O)[C@@H](C)C(=O)[C@H](C)C[C@@]2(C)O)[C@@H]1O. The molecule has 0 radical (unpaired) electrons. The Hall–Kier alpha value is -1.74. The second kappa shape index (κ2) is 18.7. The molecule has 0 aromatic heterocycles. The van der Waals surface area contributed by atoms with E-state index in [0.717, 1.165) is 0 Å². The summed E-state index contributed by atoms with van der Waals surface area (Å²) >= 11 is 0. The number of aliphatic hydroxyl groups excluding tert-OH is 3. The van der Waals surface area contributed by atoms with Gasteiger partial charge in [-0.2, -0.15) is 0 Å². The standard InChI is InChI=1S/C40H69NO13/c1-14-16-17-41(12)27-18-22(4)50-37(31(27)43)54-35-24(6)32(53-29-20-39(10,49-13)34(45)26(8)51-29)25(7)36(46)52-28(15-2)40(11,48)33(44)23(5)30(42)21(3)19-38(35,9)47/h1,21-29,31-35,37,43-45,47-48H,15-20H2,2-13H3/t21-,22-,23+,24+,25-,26+,27+,28-,29?,31-,32+,33-,34+,35-,37+,38-,39-,40-/m1/s1. The van der Waals surface area contributed by atoms with Gasteiger partial charge in [0.2, 0.25) is 0 Å². The number of cyclic esters (lactones) is 1. The zero-order chi connectivity index (χ0) is 41.1. The minimum absolute atomic E-state index is 0.0808.